The number of benzene rings is 3. The Balaban J connectivity index is 1.83. The van der Waals surface area contributed by atoms with E-state index in [2.05, 4.69) is 4.98 Å². The van der Waals surface area contributed by atoms with Crippen molar-refractivity contribution in [2.75, 3.05) is 14.2 Å². The molecule has 7 nitrogen and oxygen atoms in total. The van der Waals surface area contributed by atoms with E-state index in [1.807, 2.05) is 31.2 Å². The number of hydrogen-bond donors (Lipinski definition) is 1. The molecule has 3 aromatic carbocycles. The lowest BCUT2D eigenvalue weighted by Crippen LogP contribution is -2.22. The van der Waals surface area contributed by atoms with Crippen LogP contribution in [0.5, 0.6) is 11.5 Å². The second-order valence-corrected chi connectivity index (χ2v) is 8.51. The first-order valence-electron chi connectivity index (χ1n) is 11.1. The van der Waals surface area contributed by atoms with Gasteiger partial charge in [-0.25, -0.2) is 0 Å². The van der Waals surface area contributed by atoms with E-state index in [0.29, 0.717) is 44.7 Å². The standard InChI is InChI=1S/C28H20N2O5/c1-14-12-22(31)29-20-13-15(8-9-16(14)20)30-25-17-6-4-5-7-18(17)26(32)23(25)19-10-11-21(34-2)27(35-3)24(19)28(30)33/h4-13H,1-3H3,(H,29,31). The van der Waals surface area contributed by atoms with Crippen LogP contribution in [0, 0.1) is 6.92 Å². The zero-order chi connectivity index (χ0) is 24.4. The highest BCUT2D eigenvalue weighted by molar-refractivity contribution is 6.27. The third-order valence-electron chi connectivity index (χ3n) is 6.64. The second-order valence-electron chi connectivity index (χ2n) is 8.51. The number of aromatic amines is 1. The van der Waals surface area contributed by atoms with Crippen molar-refractivity contribution < 1.29 is 14.3 Å². The van der Waals surface area contributed by atoms with Crippen molar-refractivity contribution in [1.82, 2.24) is 9.55 Å². The number of ether oxygens (including phenoxy) is 2. The largest absolute Gasteiger partial charge is 0.493 e. The summed E-state index contributed by atoms with van der Waals surface area (Å²) >= 11 is 0. The minimum Gasteiger partial charge on any atom is -0.493 e. The van der Waals surface area contributed by atoms with Crippen molar-refractivity contribution >= 4 is 27.5 Å². The monoisotopic (exact) mass is 464 g/mol. The molecule has 0 unspecified atom stereocenters. The van der Waals surface area contributed by atoms with Gasteiger partial charge in [-0.2, -0.15) is 0 Å². The van der Waals surface area contributed by atoms with E-state index in [1.165, 1.54) is 24.9 Å². The summed E-state index contributed by atoms with van der Waals surface area (Å²) in [5.74, 6) is 0.497. The fourth-order valence-electron chi connectivity index (χ4n) is 5.12. The minimum atomic E-state index is -0.353. The predicted octanol–water partition coefficient (Wildman–Crippen LogP) is 4.37. The number of aromatic nitrogens is 2. The van der Waals surface area contributed by atoms with Crippen molar-refractivity contribution in [3.63, 3.8) is 0 Å². The first kappa shape index (κ1) is 20.9. The highest BCUT2D eigenvalue weighted by atomic mass is 16.5. The van der Waals surface area contributed by atoms with Crippen LogP contribution in [0.25, 0.3) is 38.6 Å². The Morgan fingerprint density at radius 2 is 1.57 bits per heavy atom. The van der Waals surface area contributed by atoms with Gasteiger partial charge in [-0.1, -0.05) is 30.3 Å². The number of carbonyl (C=O) groups excluding carboxylic acids is 1. The number of rotatable bonds is 3. The molecule has 0 spiro atoms. The summed E-state index contributed by atoms with van der Waals surface area (Å²) in [6, 6.07) is 17.7. The van der Waals surface area contributed by atoms with E-state index in [0.717, 1.165) is 10.9 Å². The van der Waals surface area contributed by atoms with E-state index in [4.69, 9.17) is 9.47 Å². The molecular formula is C28H20N2O5. The molecule has 7 heteroatoms. The molecule has 0 saturated heterocycles. The summed E-state index contributed by atoms with van der Waals surface area (Å²) in [5.41, 5.74) is 3.54. The number of fused-ring (bicyclic) bond motifs is 6. The Hall–Kier alpha value is -4.65. The van der Waals surface area contributed by atoms with E-state index >= 15 is 0 Å². The lowest BCUT2D eigenvalue weighted by molar-refractivity contribution is 0.104. The molecule has 1 aliphatic rings. The molecule has 2 aromatic heterocycles. The van der Waals surface area contributed by atoms with Crippen molar-refractivity contribution in [3.8, 4) is 28.4 Å². The van der Waals surface area contributed by atoms with E-state index in [-0.39, 0.29) is 28.0 Å². The normalized spacial score (nSPS) is 12.1. The Morgan fingerprint density at radius 1 is 0.829 bits per heavy atom. The topological polar surface area (TPSA) is 90.4 Å². The van der Waals surface area contributed by atoms with Gasteiger partial charge in [0.1, 0.15) is 0 Å². The molecule has 35 heavy (non-hydrogen) atoms. The lowest BCUT2D eigenvalue weighted by atomic mass is 10.0. The van der Waals surface area contributed by atoms with Crippen LogP contribution in [-0.4, -0.2) is 29.6 Å². The number of H-pyrrole nitrogens is 1. The predicted molar refractivity (Wildman–Crippen MR) is 134 cm³/mol. The molecular weight excluding hydrogens is 444 g/mol. The molecule has 172 valence electrons. The van der Waals surface area contributed by atoms with Gasteiger partial charge in [0.05, 0.1) is 42.1 Å². The summed E-state index contributed by atoms with van der Waals surface area (Å²) < 4.78 is 12.6. The van der Waals surface area contributed by atoms with Crippen LogP contribution in [0.2, 0.25) is 0 Å². The van der Waals surface area contributed by atoms with Gasteiger partial charge < -0.3 is 14.5 Å². The molecule has 1 aliphatic carbocycles. The summed E-state index contributed by atoms with van der Waals surface area (Å²) in [6.07, 6.45) is 0. The maximum Gasteiger partial charge on any atom is 0.267 e. The molecule has 0 saturated carbocycles. The van der Waals surface area contributed by atoms with Crippen LogP contribution in [-0.2, 0) is 0 Å². The van der Waals surface area contributed by atoms with Crippen molar-refractivity contribution in [3.05, 3.63) is 98.1 Å². The minimum absolute atomic E-state index is 0.161. The average molecular weight is 464 g/mol. The SMILES string of the molecule is COc1ccc2c3c(n(-c4ccc5c(C)cc(=O)[nH]c5c4)c(=O)c2c1OC)-c1ccccc1C3=O. The molecule has 0 radical (unpaired) electrons. The molecule has 0 aliphatic heterocycles. The van der Waals surface area contributed by atoms with Gasteiger partial charge in [-0.05, 0) is 36.8 Å². The average Bonchev–Trinajstić information content (AvgIpc) is 3.15. The van der Waals surface area contributed by atoms with Gasteiger partial charge in [0.25, 0.3) is 5.56 Å². The molecule has 0 bridgehead atoms. The number of ketones is 1. The first-order chi connectivity index (χ1) is 16.9. The second kappa shape index (κ2) is 7.43. The van der Waals surface area contributed by atoms with Gasteiger partial charge in [-0.3, -0.25) is 19.0 Å². The van der Waals surface area contributed by atoms with Crippen LogP contribution in [0.1, 0.15) is 21.5 Å². The summed E-state index contributed by atoms with van der Waals surface area (Å²) in [4.78, 5) is 42.8. The number of hydrogen-bond acceptors (Lipinski definition) is 5. The number of methoxy groups -OCH3 is 2. The number of carbonyl (C=O) groups is 1. The molecule has 1 N–H and O–H groups in total. The highest BCUT2D eigenvalue weighted by Crippen LogP contribution is 2.43. The Labute approximate surface area is 199 Å². The Kier molecular flexibility index (Phi) is 4.44. The van der Waals surface area contributed by atoms with Crippen LogP contribution in [0.3, 0.4) is 0 Å². The van der Waals surface area contributed by atoms with E-state index in [9.17, 15) is 14.4 Å². The van der Waals surface area contributed by atoms with Gasteiger partial charge >= 0.3 is 0 Å². The van der Waals surface area contributed by atoms with Crippen molar-refractivity contribution in [2.24, 2.45) is 0 Å². The number of nitrogens with one attached hydrogen (secondary N) is 1. The summed E-state index contributed by atoms with van der Waals surface area (Å²) in [6.45, 7) is 1.86. The van der Waals surface area contributed by atoms with E-state index < -0.39 is 0 Å². The van der Waals surface area contributed by atoms with Crippen molar-refractivity contribution in [1.29, 1.82) is 0 Å². The fourth-order valence-corrected chi connectivity index (χ4v) is 5.12. The third-order valence-corrected chi connectivity index (χ3v) is 6.64. The van der Waals surface area contributed by atoms with Crippen molar-refractivity contribution in [2.45, 2.75) is 6.92 Å². The zero-order valence-corrected chi connectivity index (χ0v) is 19.3. The molecule has 0 fully saturated rings. The maximum absolute atomic E-state index is 14.2. The molecule has 2 heterocycles. The highest BCUT2D eigenvalue weighted by Gasteiger charge is 2.34. The van der Waals surface area contributed by atoms with Gasteiger partial charge in [0.2, 0.25) is 5.56 Å². The summed E-state index contributed by atoms with van der Waals surface area (Å²) in [5, 5.41) is 1.63. The Morgan fingerprint density at radius 3 is 2.31 bits per heavy atom. The summed E-state index contributed by atoms with van der Waals surface area (Å²) in [7, 11) is 2.97. The van der Waals surface area contributed by atoms with Crippen LogP contribution in [0.4, 0.5) is 0 Å². The van der Waals surface area contributed by atoms with Gasteiger partial charge in [0.15, 0.2) is 17.3 Å². The molecule has 5 aromatic rings. The molecule has 6 rings (SSSR count). The maximum atomic E-state index is 14.2. The van der Waals surface area contributed by atoms with Gasteiger partial charge in [0, 0.05) is 28.0 Å². The first-order valence-corrected chi connectivity index (χ1v) is 11.1. The molecule has 0 amide bonds. The van der Waals surface area contributed by atoms with Gasteiger partial charge in [-0.15, -0.1) is 0 Å². The quantitative estimate of drug-likeness (QED) is 0.420. The molecule has 0 atom stereocenters. The lowest BCUT2D eigenvalue weighted by Gasteiger charge is -2.18. The third kappa shape index (κ3) is 2.81. The number of aryl methyl sites for hydroxylation is 1. The Bertz CT molecular complexity index is 1850. The smallest absolute Gasteiger partial charge is 0.267 e. The number of pyridine rings is 2. The number of nitrogens with zero attached hydrogens (tertiary/aromatic N) is 1. The van der Waals surface area contributed by atoms with E-state index in [1.54, 1.807) is 30.3 Å². The van der Waals surface area contributed by atoms with Crippen LogP contribution in [0.15, 0.2) is 70.3 Å². The fraction of sp³-hybridized carbons (Fsp3) is 0.107. The van der Waals surface area contributed by atoms with Crippen LogP contribution >= 0.6 is 0 Å². The zero-order valence-electron chi connectivity index (χ0n) is 19.3. The van der Waals surface area contributed by atoms with Crippen LogP contribution < -0.4 is 20.6 Å².